The van der Waals surface area contributed by atoms with E-state index >= 15 is 0 Å². The normalized spacial score (nSPS) is 16.3. The van der Waals surface area contributed by atoms with Gasteiger partial charge in [-0.25, -0.2) is 0 Å². The van der Waals surface area contributed by atoms with Crippen LogP contribution in [0.2, 0.25) is 0 Å². The number of hydrogen-bond donors (Lipinski definition) is 1. The number of ketones is 1. The molecule has 0 unspecified atom stereocenters. The SMILES string of the molecule is CC[C@H]1CC(=O)c2ccc(O[C@@H](c3ccncc3)c3ccccc3C(N)=O)cc2O1. The number of Topliss-reactive ketones (excluding diaryl/α,β-unsaturated/α-hetero) is 1. The quantitative estimate of drug-likeness (QED) is 0.670. The van der Waals surface area contributed by atoms with E-state index in [0.29, 0.717) is 34.6 Å². The molecule has 0 spiro atoms. The predicted molar refractivity (Wildman–Crippen MR) is 112 cm³/mol. The average Bonchev–Trinajstić information content (AvgIpc) is 2.77. The molecule has 0 saturated carbocycles. The number of carbonyl (C=O) groups excluding carboxylic acids is 2. The van der Waals surface area contributed by atoms with Crippen molar-refractivity contribution in [3.05, 3.63) is 89.2 Å². The number of amides is 1. The van der Waals surface area contributed by atoms with Crippen molar-refractivity contribution in [2.24, 2.45) is 5.73 Å². The second-order valence-electron chi connectivity index (χ2n) is 7.16. The third-order valence-electron chi connectivity index (χ3n) is 5.19. The van der Waals surface area contributed by atoms with E-state index in [1.165, 1.54) is 0 Å². The highest BCUT2D eigenvalue weighted by Crippen LogP contribution is 2.36. The first-order chi connectivity index (χ1) is 14.6. The number of aromatic nitrogens is 1. The van der Waals surface area contributed by atoms with E-state index < -0.39 is 12.0 Å². The number of primary amides is 1. The highest BCUT2D eigenvalue weighted by molar-refractivity contribution is 6.00. The molecule has 2 aromatic carbocycles. The van der Waals surface area contributed by atoms with Crippen molar-refractivity contribution in [1.82, 2.24) is 4.98 Å². The van der Waals surface area contributed by atoms with Gasteiger partial charge in [-0.2, -0.15) is 0 Å². The third-order valence-corrected chi connectivity index (χ3v) is 5.19. The summed E-state index contributed by atoms with van der Waals surface area (Å²) in [5, 5.41) is 0. The number of benzene rings is 2. The number of fused-ring (bicyclic) bond motifs is 1. The molecular formula is C24H22N2O4. The number of ether oxygens (including phenoxy) is 2. The first kappa shape index (κ1) is 19.6. The van der Waals surface area contributed by atoms with E-state index in [1.54, 1.807) is 42.7 Å². The highest BCUT2D eigenvalue weighted by atomic mass is 16.5. The molecule has 1 aliphatic heterocycles. The second-order valence-corrected chi connectivity index (χ2v) is 7.16. The summed E-state index contributed by atoms with van der Waals surface area (Å²) in [6, 6.07) is 15.9. The monoisotopic (exact) mass is 402 g/mol. The molecule has 0 saturated heterocycles. The Hall–Kier alpha value is -3.67. The van der Waals surface area contributed by atoms with Crippen LogP contribution in [0.25, 0.3) is 0 Å². The minimum Gasteiger partial charge on any atom is -0.489 e. The van der Waals surface area contributed by atoms with E-state index in [4.69, 9.17) is 15.2 Å². The minimum absolute atomic E-state index is 0.0689. The number of hydrogen-bond acceptors (Lipinski definition) is 5. The average molecular weight is 402 g/mol. The maximum Gasteiger partial charge on any atom is 0.249 e. The van der Waals surface area contributed by atoms with Crippen LogP contribution in [0.15, 0.2) is 67.0 Å². The maximum absolute atomic E-state index is 12.4. The van der Waals surface area contributed by atoms with Gasteiger partial charge in [0.15, 0.2) is 5.78 Å². The lowest BCUT2D eigenvalue weighted by molar-refractivity contribution is 0.0843. The summed E-state index contributed by atoms with van der Waals surface area (Å²) in [6.07, 6.45) is 3.75. The van der Waals surface area contributed by atoms with Crippen molar-refractivity contribution in [3.63, 3.8) is 0 Å². The molecule has 1 amide bonds. The molecule has 4 rings (SSSR count). The topological polar surface area (TPSA) is 91.5 Å². The maximum atomic E-state index is 12.4. The molecule has 1 aliphatic rings. The fourth-order valence-electron chi connectivity index (χ4n) is 3.60. The Kier molecular flexibility index (Phi) is 5.48. The summed E-state index contributed by atoms with van der Waals surface area (Å²) in [6.45, 7) is 1.99. The van der Waals surface area contributed by atoms with Gasteiger partial charge < -0.3 is 15.2 Å². The molecule has 2 heterocycles. The molecule has 3 aromatic rings. The summed E-state index contributed by atoms with van der Waals surface area (Å²) in [7, 11) is 0. The van der Waals surface area contributed by atoms with Crippen molar-refractivity contribution in [3.8, 4) is 11.5 Å². The van der Waals surface area contributed by atoms with Gasteiger partial charge in [0.2, 0.25) is 5.91 Å². The predicted octanol–water partition coefficient (Wildman–Crippen LogP) is 4.09. The summed E-state index contributed by atoms with van der Waals surface area (Å²) in [4.78, 5) is 28.4. The van der Waals surface area contributed by atoms with Crippen LogP contribution in [0.5, 0.6) is 11.5 Å². The number of carbonyl (C=O) groups is 2. The van der Waals surface area contributed by atoms with Crippen LogP contribution in [0.3, 0.4) is 0 Å². The zero-order valence-electron chi connectivity index (χ0n) is 16.6. The summed E-state index contributed by atoms with van der Waals surface area (Å²) in [5.41, 5.74) is 8.01. The van der Waals surface area contributed by atoms with Crippen LogP contribution in [-0.4, -0.2) is 22.8 Å². The number of rotatable bonds is 6. The van der Waals surface area contributed by atoms with Gasteiger partial charge >= 0.3 is 0 Å². The molecule has 0 fully saturated rings. The standard InChI is InChI=1S/C24H22N2O4/c1-2-16-13-21(27)20-8-7-17(14-22(20)29-16)30-23(15-9-11-26-12-10-15)18-5-3-4-6-19(18)24(25)28/h3-12,14,16,23H,2,13H2,1H3,(H2,25,28)/t16-,23-/m0/s1. The number of nitrogens with two attached hydrogens (primary N) is 1. The molecule has 0 radical (unpaired) electrons. The Labute approximate surface area is 174 Å². The fourth-order valence-corrected chi connectivity index (χ4v) is 3.60. The van der Waals surface area contributed by atoms with Gasteiger partial charge in [0, 0.05) is 36.0 Å². The molecule has 6 heteroatoms. The lowest BCUT2D eigenvalue weighted by Crippen LogP contribution is -2.26. The first-order valence-corrected chi connectivity index (χ1v) is 9.86. The van der Waals surface area contributed by atoms with Gasteiger partial charge in [0.05, 0.1) is 5.56 Å². The van der Waals surface area contributed by atoms with Crippen LogP contribution >= 0.6 is 0 Å². The van der Waals surface area contributed by atoms with Crippen LogP contribution < -0.4 is 15.2 Å². The highest BCUT2D eigenvalue weighted by Gasteiger charge is 2.27. The zero-order chi connectivity index (χ0) is 21.1. The van der Waals surface area contributed by atoms with Gasteiger partial charge in [-0.3, -0.25) is 14.6 Å². The van der Waals surface area contributed by atoms with Crippen LogP contribution in [-0.2, 0) is 0 Å². The summed E-state index contributed by atoms with van der Waals surface area (Å²) < 4.78 is 12.3. The lowest BCUT2D eigenvalue weighted by atomic mass is 9.96. The Morgan fingerprint density at radius 1 is 1.20 bits per heavy atom. The molecule has 30 heavy (non-hydrogen) atoms. The van der Waals surface area contributed by atoms with E-state index in [-0.39, 0.29) is 11.9 Å². The van der Waals surface area contributed by atoms with Gasteiger partial charge in [-0.15, -0.1) is 0 Å². The summed E-state index contributed by atoms with van der Waals surface area (Å²) in [5.74, 6) is 0.587. The molecule has 0 aliphatic carbocycles. The lowest BCUT2D eigenvalue weighted by Gasteiger charge is -2.26. The Morgan fingerprint density at radius 2 is 1.97 bits per heavy atom. The van der Waals surface area contributed by atoms with Gasteiger partial charge in [-0.1, -0.05) is 25.1 Å². The zero-order valence-corrected chi connectivity index (χ0v) is 16.6. The Morgan fingerprint density at radius 3 is 2.70 bits per heavy atom. The van der Waals surface area contributed by atoms with E-state index in [0.717, 1.165) is 12.0 Å². The molecule has 0 bridgehead atoms. The number of pyridine rings is 1. The van der Waals surface area contributed by atoms with Crippen LogP contribution in [0, 0.1) is 0 Å². The summed E-state index contributed by atoms with van der Waals surface area (Å²) >= 11 is 0. The van der Waals surface area contributed by atoms with Gasteiger partial charge in [0.1, 0.15) is 23.7 Å². The van der Waals surface area contributed by atoms with Crippen LogP contribution in [0.4, 0.5) is 0 Å². The fraction of sp³-hybridized carbons (Fsp3) is 0.208. The van der Waals surface area contributed by atoms with Crippen molar-refractivity contribution >= 4 is 11.7 Å². The largest absolute Gasteiger partial charge is 0.489 e. The Balaban J connectivity index is 1.74. The van der Waals surface area contributed by atoms with Crippen molar-refractivity contribution in [2.75, 3.05) is 0 Å². The number of nitrogens with zero attached hydrogens (tertiary/aromatic N) is 1. The first-order valence-electron chi connectivity index (χ1n) is 9.86. The molecule has 6 nitrogen and oxygen atoms in total. The minimum atomic E-state index is -0.587. The van der Waals surface area contributed by atoms with Gasteiger partial charge in [0.25, 0.3) is 0 Å². The van der Waals surface area contributed by atoms with Crippen molar-refractivity contribution in [1.29, 1.82) is 0 Å². The van der Waals surface area contributed by atoms with Gasteiger partial charge in [-0.05, 0) is 42.3 Å². The second kappa shape index (κ2) is 8.37. The van der Waals surface area contributed by atoms with Crippen molar-refractivity contribution < 1.29 is 19.1 Å². The Bertz CT molecular complexity index is 1080. The molecule has 1 aromatic heterocycles. The molecular weight excluding hydrogens is 380 g/mol. The van der Waals surface area contributed by atoms with E-state index in [9.17, 15) is 9.59 Å². The van der Waals surface area contributed by atoms with Crippen LogP contribution in [0.1, 0.15) is 57.7 Å². The van der Waals surface area contributed by atoms with E-state index in [2.05, 4.69) is 4.98 Å². The molecule has 2 atom stereocenters. The third kappa shape index (κ3) is 3.89. The molecule has 152 valence electrons. The van der Waals surface area contributed by atoms with Crippen molar-refractivity contribution in [2.45, 2.75) is 32.0 Å². The smallest absolute Gasteiger partial charge is 0.249 e. The molecule has 2 N–H and O–H groups in total. The van der Waals surface area contributed by atoms with E-state index in [1.807, 2.05) is 31.2 Å².